The highest BCUT2D eigenvalue weighted by atomic mass is 35.5. The van der Waals surface area contributed by atoms with Crippen LogP contribution < -0.4 is 14.2 Å². The van der Waals surface area contributed by atoms with Gasteiger partial charge in [-0.15, -0.1) is 0 Å². The molecule has 3 aromatic carbocycles. The summed E-state index contributed by atoms with van der Waals surface area (Å²) in [5.74, 6) is 0.543. The van der Waals surface area contributed by atoms with Crippen molar-refractivity contribution in [3.8, 4) is 11.5 Å². The number of hydrogen-bond donors (Lipinski definition) is 1. The lowest BCUT2D eigenvalue weighted by Gasteiger charge is -2.21. The number of hydrogen-bond acceptors (Lipinski definition) is 5. The molecular weight excluding hydrogens is 452 g/mol. The number of rotatable bonds is 6. The number of anilines is 1. The predicted octanol–water partition coefficient (Wildman–Crippen LogP) is 4.18. The molecule has 9 heteroatoms. The van der Waals surface area contributed by atoms with Crippen LogP contribution in [0.5, 0.6) is 11.5 Å². The largest absolute Gasteiger partial charge is 0.486 e. The molecule has 1 aliphatic heterocycles. The Morgan fingerprint density at radius 1 is 1.00 bits per heavy atom. The van der Waals surface area contributed by atoms with E-state index in [0.29, 0.717) is 36.3 Å². The minimum atomic E-state index is -3.96. The zero-order chi connectivity index (χ0) is 22.7. The number of halogens is 1. The number of para-hydroxylation sites is 1. The highest BCUT2D eigenvalue weighted by Gasteiger charge is 2.23. The monoisotopic (exact) mass is 472 g/mol. The van der Waals surface area contributed by atoms with Gasteiger partial charge in [-0.2, -0.15) is 0 Å². The average molecular weight is 473 g/mol. The van der Waals surface area contributed by atoms with Gasteiger partial charge in [-0.25, -0.2) is 8.42 Å². The number of fused-ring (bicyclic) bond motifs is 1. The summed E-state index contributed by atoms with van der Waals surface area (Å²) in [6.45, 7) is 1.11. The highest BCUT2D eigenvalue weighted by molar-refractivity contribution is 7.92. The third kappa shape index (κ3) is 4.81. The SMILES string of the molecule is CN(Cc1ccc(Cl)cc1)C(=O)c1ccccc1NS(=O)(=O)c1ccc2c(c1)OCCO2. The van der Waals surface area contributed by atoms with Crippen molar-refractivity contribution in [1.82, 2.24) is 4.90 Å². The molecule has 0 aliphatic carbocycles. The third-order valence-corrected chi connectivity index (χ3v) is 6.52. The summed E-state index contributed by atoms with van der Waals surface area (Å²) in [5, 5.41) is 0.613. The zero-order valence-corrected chi connectivity index (χ0v) is 18.8. The first-order valence-corrected chi connectivity index (χ1v) is 11.7. The van der Waals surface area contributed by atoms with Crippen molar-refractivity contribution < 1.29 is 22.7 Å². The molecule has 1 heterocycles. The van der Waals surface area contributed by atoms with Crippen LogP contribution in [0.4, 0.5) is 5.69 Å². The van der Waals surface area contributed by atoms with E-state index in [0.717, 1.165) is 5.56 Å². The number of nitrogens with one attached hydrogen (secondary N) is 1. The van der Waals surface area contributed by atoms with Crippen molar-refractivity contribution in [2.75, 3.05) is 25.0 Å². The molecule has 1 amide bonds. The van der Waals surface area contributed by atoms with Crippen molar-refractivity contribution >= 4 is 33.2 Å². The Balaban J connectivity index is 1.56. The number of sulfonamides is 1. The number of amides is 1. The average Bonchev–Trinajstić information content (AvgIpc) is 2.80. The molecule has 0 radical (unpaired) electrons. The Morgan fingerprint density at radius 3 is 2.44 bits per heavy atom. The van der Waals surface area contributed by atoms with Gasteiger partial charge in [0.25, 0.3) is 15.9 Å². The molecule has 0 fully saturated rings. The summed E-state index contributed by atoms with van der Waals surface area (Å²) in [6, 6.07) is 18.1. The van der Waals surface area contributed by atoms with Gasteiger partial charge in [0.2, 0.25) is 0 Å². The topological polar surface area (TPSA) is 84.9 Å². The lowest BCUT2D eigenvalue weighted by atomic mass is 10.1. The van der Waals surface area contributed by atoms with Gasteiger partial charge in [-0.05, 0) is 42.0 Å². The van der Waals surface area contributed by atoms with Crippen LogP contribution in [0.25, 0.3) is 0 Å². The van der Waals surface area contributed by atoms with E-state index in [-0.39, 0.29) is 22.1 Å². The second-order valence-corrected chi connectivity index (χ2v) is 9.36. The molecule has 1 N–H and O–H groups in total. The van der Waals surface area contributed by atoms with Gasteiger partial charge in [-0.1, -0.05) is 35.9 Å². The third-order valence-electron chi connectivity index (χ3n) is 4.91. The molecule has 1 aliphatic rings. The van der Waals surface area contributed by atoms with Gasteiger partial charge in [0, 0.05) is 24.7 Å². The number of carbonyl (C=O) groups excluding carboxylic acids is 1. The first kappa shape index (κ1) is 22.0. The lowest BCUT2D eigenvalue weighted by molar-refractivity contribution is 0.0786. The first-order chi connectivity index (χ1) is 15.3. The Kier molecular flexibility index (Phi) is 6.25. The number of carbonyl (C=O) groups is 1. The minimum Gasteiger partial charge on any atom is -0.486 e. The molecule has 0 atom stereocenters. The van der Waals surface area contributed by atoms with Gasteiger partial charge in [0.15, 0.2) is 11.5 Å². The van der Waals surface area contributed by atoms with Crippen LogP contribution in [0.1, 0.15) is 15.9 Å². The van der Waals surface area contributed by atoms with Crippen molar-refractivity contribution in [2.45, 2.75) is 11.4 Å². The predicted molar refractivity (Wildman–Crippen MR) is 122 cm³/mol. The fourth-order valence-corrected chi connectivity index (χ4v) is 4.51. The highest BCUT2D eigenvalue weighted by Crippen LogP contribution is 2.33. The molecule has 166 valence electrons. The van der Waals surface area contributed by atoms with E-state index >= 15 is 0 Å². The normalized spacial score (nSPS) is 12.8. The van der Waals surface area contributed by atoms with Crippen LogP contribution in [-0.2, 0) is 16.6 Å². The van der Waals surface area contributed by atoms with Gasteiger partial charge in [0.05, 0.1) is 16.1 Å². The Labute approximate surface area is 191 Å². The van der Waals surface area contributed by atoms with Crippen LogP contribution >= 0.6 is 11.6 Å². The van der Waals surface area contributed by atoms with E-state index in [2.05, 4.69) is 4.72 Å². The first-order valence-electron chi connectivity index (χ1n) is 9.85. The van der Waals surface area contributed by atoms with E-state index < -0.39 is 10.0 Å². The maximum absolute atomic E-state index is 13.1. The lowest BCUT2D eigenvalue weighted by Crippen LogP contribution is -2.27. The Bertz CT molecular complexity index is 1250. The second kappa shape index (κ2) is 9.10. The zero-order valence-electron chi connectivity index (χ0n) is 17.2. The molecule has 0 saturated carbocycles. The molecule has 4 rings (SSSR count). The fraction of sp³-hybridized carbons (Fsp3) is 0.174. The maximum atomic E-state index is 13.1. The minimum absolute atomic E-state index is 0.0125. The molecule has 0 saturated heterocycles. The summed E-state index contributed by atoms with van der Waals surface area (Å²) in [5.41, 5.74) is 1.33. The number of nitrogens with zero attached hydrogens (tertiary/aromatic N) is 1. The number of benzene rings is 3. The van der Waals surface area contributed by atoms with Crippen LogP contribution in [0.2, 0.25) is 5.02 Å². The van der Waals surface area contributed by atoms with Crippen molar-refractivity contribution in [2.24, 2.45) is 0 Å². The van der Waals surface area contributed by atoms with E-state index in [4.69, 9.17) is 21.1 Å². The molecule has 0 spiro atoms. The Hall–Kier alpha value is -3.23. The maximum Gasteiger partial charge on any atom is 0.262 e. The molecule has 7 nitrogen and oxygen atoms in total. The molecule has 32 heavy (non-hydrogen) atoms. The molecular formula is C23H21ClN2O5S. The van der Waals surface area contributed by atoms with Crippen molar-refractivity contribution in [3.63, 3.8) is 0 Å². The van der Waals surface area contributed by atoms with Crippen LogP contribution in [0.3, 0.4) is 0 Å². The number of ether oxygens (including phenoxy) is 2. The molecule has 0 bridgehead atoms. The van der Waals surface area contributed by atoms with Crippen molar-refractivity contribution in [1.29, 1.82) is 0 Å². The van der Waals surface area contributed by atoms with Gasteiger partial charge < -0.3 is 14.4 Å². The summed E-state index contributed by atoms with van der Waals surface area (Å²) in [4.78, 5) is 14.6. The van der Waals surface area contributed by atoms with Gasteiger partial charge in [-0.3, -0.25) is 9.52 Å². The van der Waals surface area contributed by atoms with Crippen LogP contribution in [0.15, 0.2) is 71.6 Å². The van der Waals surface area contributed by atoms with E-state index in [9.17, 15) is 13.2 Å². The van der Waals surface area contributed by atoms with Gasteiger partial charge in [0.1, 0.15) is 13.2 Å². The van der Waals surface area contributed by atoms with E-state index in [1.165, 1.54) is 17.0 Å². The van der Waals surface area contributed by atoms with E-state index in [1.54, 1.807) is 49.5 Å². The Morgan fingerprint density at radius 2 is 1.69 bits per heavy atom. The summed E-state index contributed by atoms with van der Waals surface area (Å²) < 4.78 is 39.5. The summed E-state index contributed by atoms with van der Waals surface area (Å²) in [6.07, 6.45) is 0. The summed E-state index contributed by atoms with van der Waals surface area (Å²) >= 11 is 5.92. The van der Waals surface area contributed by atoms with Crippen LogP contribution in [-0.4, -0.2) is 39.5 Å². The fourth-order valence-electron chi connectivity index (χ4n) is 3.29. The molecule has 3 aromatic rings. The molecule has 0 aromatic heterocycles. The summed E-state index contributed by atoms with van der Waals surface area (Å²) in [7, 11) is -2.31. The van der Waals surface area contributed by atoms with Gasteiger partial charge >= 0.3 is 0 Å². The standard InChI is InChI=1S/C23H21ClN2O5S/c1-26(15-16-6-8-17(24)9-7-16)23(27)19-4-2-3-5-20(19)25-32(28,29)18-10-11-21-22(14-18)31-13-12-30-21/h2-11,14,25H,12-13,15H2,1H3. The molecule has 0 unspecified atom stereocenters. The van der Waals surface area contributed by atoms with Crippen molar-refractivity contribution in [3.05, 3.63) is 82.9 Å². The van der Waals surface area contributed by atoms with E-state index in [1.807, 2.05) is 12.1 Å². The van der Waals surface area contributed by atoms with Crippen LogP contribution in [0, 0.1) is 0 Å². The second-order valence-electron chi connectivity index (χ2n) is 7.24. The quantitative estimate of drug-likeness (QED) is 0.581. The smallest absolute Gasteiger partial charge is 0.262 e.